The van der Waals surface area contributed by atoms with Gasteiger partial charge in [0.15, 0.2) is 5.82 Å². The molecule has 2 amide bonds. The van der Waals surface area contributed by atoms with Crippen LogP contribution in [0.3, 0.4) is 0 Å². The van der Waals surface area contributed by atoms with E-state index in [9.17, 15) is 9.59 Å². The smallest absolute Gasteiger partial charge is 0.315 e. The number of piperidine rings is 1. The minimum atomic E-state index is -0.144. The van der Waals surface area contributed by atoms with Gasteiger partial charge < -0.3 is 24.8 Å². The van der Waals surface area contributed by atoms with Crippen molar-refractivity contribution >= 4 is 22.9 Å². The second kappa shape index (κ2) is 9.54. The third-order valence-electron chi connectivity index (χ3n) is 5.05. The summed E-state index contributed by atoms with van der Waals surface area (Å²) in [5.74, 6) is 0.486. The van der Waals surface area contributed by atoms with E-state index in [0.717, 1.165) is 30.3 Å². The fourth-order valence-electron chi connectivity index (χ4n) is 3.46. The van der Waals surface area contributed by atoms with Crippen molar-refractivity contribution in [3.63, 3.8) is 0 Å². The Morgan fingerprint density at radius 3 is 2.79 bits per heavy atom. The first-order valence-electron chi connectivity index (χ1n) is 9.93. The van der Waals surface area contributed by atoms with Crippen LogP contribution < -0.4 is 21.1 Å². The van der Waals surface area contributed by atoms with Crippen LogP contribution in [0.5, 0.6) is 0 Å². The van der Waals surface area contributed by atoms with Crippen molar-refractivity contribution in [1.82, 2.24) is 20.2 Å². The number of ether oxygens (including phenoxy) is 1. The molecule has 1 saturated heterocycles. The van der Waals surface area contributed by atoms with Crippen molar-refractivity contribution in [1.29, 1.82) is 0 Å². The maximum absolute atomic E-state index is 12.7. The Bertz CT molecular complexity index is 859. The van der Waals surface area contributed by atoms with Gasteiger partial charge in [-0.05, 0) is 38.3 Å². The summed E-state index contributed by atoms with van der Waals surface area (Å²) in [4.78, 5) is 31.3. The number of para-hydroxylation sites is 2. The van der Waals surface area contributed by atoms with Crippen LogP contribution in [0.2, 0.25) is 0 Å². The van der Waals surface area contributed by atoms with Crippen molar-refractivity contribution in [3.05, 3.63) is 34.6 Å². The molecule has 28 heavy (non-hydrogen) atoms. The topological polar surface area (TPSA) is 88.5 Å². The first kappa shape index (κ1) is 20.1. The summed E-state index contributed by atoms with van der Waals surface area (Å²) in [5.41, 5.74) is 1.55. The molecule has 0 saturated carbocycles. The molecule has 0 atom stereocenters. The molecule has 0 bridgehead atoms. The highest BCUT2D eigenvalue weighted by Gasteiger charge is 2.24. The molecule has 1 aromatic heterocycles. The molecule has 1 aromatic carbocycles. The normalized spacial score (nSPS) is 15.0. The number of benzene rings is 1. The van der Waals surface area contributed by atoms with E-state index in [2.05, 4.69) is 15.6 Å². The van der Waals surface area contributed by atoms with E-state index in [1.165, 1.54) is 0 Å². The van der Waals surface area contributed by atoms with Crippen LogP contribution in [0, 0.1) is 0 Å². The third kappa shape index (κ3) is 4.81. The Hall–Kier alpha value is -2.61. The van der Waals surface area contributed by atoms with Crippen molar-refractivity contribution < 1.29 is 9.53 Å². The van der Waals surface area contributed by atoms with Crippen molar-refractivity contribution in [2.75, 3.05) is 37.7 Å². The van der Waals surface area contributed by atoms with Gasteiger partial charge in [0.2, 0.25) is 0 Å². The molecular weight excluding hydrogens is 358 g/mol. The summed E-state index contributed by atoms with van der Waals surface area (Å²) < 4.78 is 6.90. The van der Waals surface area contributed by atoms with Crippen LogP contribution in [0.15, 0.2) is 29.1 Å². The molecule has 8 heteroatoms. The molecule has 0 spiro atoms. The predicted molar refractivity (Wildman–Crippen MR) is 110 cm³/mol. The Labute approximate surface area is 164 Å². The number of nitrogens with one attached hydrogen (secondary N) is 2. The second-order valence-electron chi connectivity index (χ2n) is 7.00. The third-order valence-corrected chi connectivity index (χ3v) is 5.05. The van der Waals surface area contributed by atoms with Crippen LogP contribution in [-0.4, -0.2) is 54.5 Å². The van der Waals surface area contributed by atoms with Gasteiger partial charge >= 0.3 is 6.03 Å². The van der Waals surface area contributed by atoms with E-state index in [4.69, 9.17) is 4.74 Å². The maximum atomic E-state index is 12.7. The average Bonchev–Trinajstić information content (AvgIpc) is 2.71. The molecule has 152 valence electrons. The summed E-state index contributed by atoms with van der Waals surface area (Å²) in [7, 11) is 1.78. The molecule has 2 N–H and O–H groups in total. The number of hydrogen-bond acceptors (Lipinski definition) is 5. The number of nitrogens with zero attached hydrogens (tertiary/aromatic N) is 3. The molecule has 1 fully saturated rings. The number of carbonyl (C=O) groups is 1. The molecule has 0 radical (unpaired) electrons. The molecule has 3 rings (SSSR count). The molecular formula is C20H29N5O3. The lowest BCUT2D eigenvalue weighted by Gasteiger charge is -2.33. The van der Waals surface area contributed by atoms with Crippen LogP contribution in [-0.2, 0) is 11.8 Å². The van der Waals surface area contributed by atoms with Gasteiger partial charge in [0.1, 0.15) is 0 Å². The zero-order valence-electron chi connectivity index (χ0n) is 16.6. The van der Waals surface area contributed by atoms with Gasteiger partial charge in [-0.15, -0.1) is 0 Å². The first-order valence-corrected chi connectivity index (χ1v) is 9.93. The average molecular weight is 387 g/mol. The van der Waals surface area contributed by atoms with Crippen molar-refractivity contribution in [2.24, 2.45) is 7.05 Å². The number of aromatic nitrogens is 2. The number of amides is 2. The Kier molecular flexibility index (Phi) is 6.86. The first-order chi connectivity index (χ1) is 13.6. The summed E-state index contributed by atoms with van der Waals surface area (Å²) in [6.07, 6.45) is 2.37. The zero-order valence-corrected chi connectivity index (χ0v) is 16.6. The molecule has 2 aromatic rings. The van der Waals surface area contributed by atoms with E-state index >= 15 is 0 Å². The van der Waals surface area contributed by atoms with Gasteiger partial charge in [-0.2, -0.15) is 0 Å². The van der Waals surface area contributed by atoms with E-state index < -0.39 is 0 Å². The maximum Gasteiger partial charge on any atom is 0.315 e. The van der Waals surface area contributed by atoms with Crippen molar-refractivity contribution in [3.8, 4) is 0 Å². The molecule has 0 aliphatic carbocycles. The van der Waals surface area contributed by atoms with E-state index in [0.29, 0.717) is 38.7 Å². The molecule has 1 aliphatic rings. The summed E-state index contributed by atoms with van der Waals surface area (Å²) in [6.45, 7) is 5.28. The van der Waals surface area contributed by atoms with Gasteiger partial charge in [-0.25, -0.2) is 9.78 Å². The van der Waals surface area contributed by atoms with Gasteiger partial charge in [-0.1, -0.05) is 12.1 Å². The van der Waals surface area contributed by atoms with E-state index in [1.807, 2.05) is 36.1 Å². The number of aryl methyl sites for hydroxylation is 1. The molecule has 1 aliphatic heterocycles. The number of hydrogen-bond donors (Lipinski definition) is 2. The Morgan fingerprint density at radius 2 is 2.04 bits per heavy atom. The minimum absolute atomic E-state index is 0.0860. The summed E-state index contributed by atoms with van der Waals surface area (Å²) >= 11 is 0. The summed E-state index contributed by atoms with van der Waals surface area (Å²) in [5, 5.41) is 5.88. The zero-order chi connectivity index (χ0) is 19.9. The lowest BCUT2D eigenvalue weighted by atomic mass is 10.1. The van der Waals surface area contributed by atoms with Crippen LogP contribution in [0.4, 0.5) is 10.6 Å². The lowest BCUT2D eigenvalue weighted by molar-refractivity contribution is 0.145. The number of urea groups is 1. The van der Waals surface area contributed by atoms with Crippen LogP contribution in [0.1, 0.15) is 26.2 Å². The Morgan fingerprint density at radius 1 is 1.29 bits per heavy atom. The monoisotopic (exact) mass is 387 g/mol. The molecule has 8 nitrogen and oxygen atoms in total. The number of anilines is 1. The van der Waals surface area contributed by atoms with Gasteiger partial charge in [0.05, 0.1) is 11.0 Å². The fourth-order valence-corrected chi connectivity index (χ4v) is 3.46. The van der Waals surface area contributed by atoms with Gasteiger partial charge in [0.25, 0.3) is 5.56 Å². The minimum Gasteiger partial charge on any atom is -0.382 e. The highest BCUT2D eigenvalue weighted by atomic mass is 16.5. The Balaban J connectivity index is 1.53. The second-order valence-corrected chi connectivity index (χ2v) is 7.00. The van der Waals surface area contributed by atoms with E-state index in [-0.39, 0.29) is 17.6 Å². The predicted octanol–water partition coefficient (Wildman–Crippen LogP) is 1.63. The highest BCUT2D eigenvalue weighted by Crippen LogP contribution is 2.18. The van der Waals surface area contributed by atoms with Crippen molar-refractivity contribution in [2.45, 2.75) is 32.2 Å². The SMILES string of the molecule is CCOCCCNC(=O)NC1CCN(c2nc3ccccc3n(C)c2=O)CC1. The molecule has 2 heterocycles. The van der Waals surface area contributed by atoms with E-state index in [1.54, 1.807) is 11.6 Å². The largest absolute Gasteiger partial charge is 0.382 e. The number of carbonyl (C=O) groups excluding carboxylic acids is 1. The van der Waals surface area contributed by atoms with Crippen LogP contribution >= 0.6 is 0 Å². The van der Waals surface area contributed by atoms with Gasteiger partial charge in [0, 0.05) is 45.9 Å². The van der Waals surface area contributed by atoms with Crippen LogP contribution in [0.25, 0.3) is 11.0 Å². The summed E-state index contributed by atoms with van der Waals surface area (Å²) in [6, 6.07) is 7.61. The quantitative estimate of drug-likeness (QED) is 0.705. The number of rotatable bonds is 7. The van der Waals surface area contributed by atoms with Gasteiger partial charge in [-0.3, -0.25) is 4.79 Å². The highest BCUT2D eigenvalue weighted by molar-refractivity contribution is 5.76. The lowest BCUT2D eigenvalue weighted by Crippen LogP contribution is -2.49. The fraction of sp³-hybridized carbons (Fsp3) is 0.550. The molecule has 0 unspecified atom stereocenters. The number of fused-ring (bicyclic) bond motifs is 1. The standard InChI is InChI=1S/C20H29N5O3/c1-3-28-14-6-11-21-20(27)22-15-9-12-25(13-10-15)18-19(26)24(2)17-8-5-4-7-16(17)23-18/h4-5,7-8,15H,3,6,9-14H2,1-2H3,(H2,21,22,27).